The van der Waals surface area contributed by atoms with E-state index in [2.05, 4.69) is 5.32 Å². The van der Waals surface area contributed by atoms with E-state index < -0.39 is 5.92 Å². The average molecular weight is 369 g/mol. The van der Waals surface area contributed by atoms with Crippen molar-refractivity contribution in [2.45, 2.75) is 77.2 Å². The summed E-state index contributed by atoms with van der Waals surface area (Å²) in [6, 6.07) is 3.75. The molecule has 0 saturated heterocycles. The first-order valence-electron chi connectivity index (χ1n) is 10.1. The number of hydrogen-bond donors (Lipinski definition) is 1. The lowest BCUT2D eigenvalue weighted by molar-refractivity contribution is -0.146. The molecule has 3 aliphatic rings. The van der Waals surface area contributed by atoms with Gasteiger partial charge in [-0.1, -0.05) is 6.42 Å². The molecule has 1 aromatic rings. The van der Waals surface area contributed by atoms with Crippen molar-refractivity contribution in [3.05, 3.63) is 46.2 Å². The normalized spacial score (nSPS) is 23.9. The third kappa shape index (κ3) is 3.47. The highest BCUT2D eigenvalue weighted by atomic mass is 16.5. The number of rotatable bonds is 3. The monoisotopic (exact) mass is 369 g/mol. The summed E-state index contributed by atoms with van der Waals surface area (Å²) in [5.74, 6) is 0.714. The Hall–Kier alpha value is -2.30. The van der Waals surface area contributed by atoms with Crippen molar-refractivity contribution < 1.29 is 18.7 Å². The van der Waals surface area contributed by atoms with E-state index in [9.17, 15) is 9.59 Å². The van der Waals surface area contributed by atoms with Crippen LogP contribution in [-0.4, -0.2) is 17.9 Å². The molecule has 1 aromatic heterocycles. The first-order valence-corrected chi connectivity index (χ1v) is 10.1. The fourth-order valence-electron chi connectivity index (χ4n) is 4.54. The second kappa shape index (κ2) is 7.37. The molecule has 1 saturated carbocycles. The molecule has 0 radical (unpaired) electrons. The number of aryl methyl sites for hydroxylation is 1. The SMILES string of the molecule is CC1=C(C(=O)OC2CCCCC2)[C@@H](c2ccc(C)o2)C2=C(CCCC2=O)N1. The highest BCUT2D eigenvalue weighted by Crippen LogP contribution is 2.43. The van der Waals surface area contributed by atoms with Crippen molar-refractivity contribution in [1.29, 1.82) is 0 Å². The van der Waals surface area contributed by atoms with Crippen molar-refractivity contribution in [3.8, 4) is 0 Å². The number of carbonyl (C=O) groups is 2. The quantitative estimate of drug-likeness (QED) is 0.798. The number of allylic oxidation sites excluding steroid dienone is 3. The van der Waals surface area contributed by atoms with E-state index in [1.807, 2.05) is 26.0 Å². The molecule has 0 aromatic carbocycles. The molecular weight excluding hydrogens is 342 g/mol. The van der Waals surface area contributed by atoms with E-state index in [0.29, 0.717) is 23.3 Å². The Morgan fingerprint density at radius 1 is 1.11 bits per heavy atom. The molecule has 0 bridgehead atoms. The summed E-state index contributed by atoms with van der Waals surface area (Å²) >= 11 is 0. The molecule has 5 nitrogen and oxygen atoms in total. The molecule has 0 amide bonds. The summed E-state index contributed by atoms with van der Waals surface area (Å²) in [4.78, 5) is 25.9. The maximum absolute atomic E-state index is 13.2. The van der Waals surface area contributed by atoms with Crippen molar-refractivity contribution >= 4 is 11.8 Å². The van der Waals surface area contributed by atoms with Gasteiger partial charge in [-0.25, -0.2) is 4.79 Å². The van der Waals surface area contributed by atoms with Crippen LogP contribution in [-0.2, 0) is 14.3 Å². The van der Waals surface area contributed by atoms with Gasteiger partial charge in [0, 0.05) is 23.4 Å². The second-order valence-corrected chi connectivity index (χ2v) is 7.88. The molecule has 1 aliphatic heterocycles. The third-order valence-electron chi connectivity index (χ3n) is 5.87. The lowest BCUT2D eigenvalue weighted by Crippen LogP contribution is -2.35. The second-order valence-electron chi connectivity index (χ2n) is 7.88. The Kier molecular flexibility index (Phi) is 4.94. The standard InChI is InChI=1S/C22H27NO4/c1-13-11-12-18(26-13)21-19(22(25)27-15-7-4-3-5-8-15)14(2)23-16-9-6-10-17(24)20(16)21/h11-12,15,21,23H,3-10H2,1-2H3/t21-/m1/s1. The van der Waals surface area contributed by atoms with Gasteiger partial charge in [-0.15, -0.1) is 0 Å². The fraction of sp³-hybridized carbons (Fsp3) is 0.545. The summed E-state index contributed by atoms with van der Waals surface area (Å²) in [6.45, 7) is 3.77. The summed E-state index contributed by atoms with van der Waals surface area (Å²) in [5.41, 5.74) is 2.89. The molecule has 1 fully saturated rings. The highest BCUT2D eigenvalue weighted by Gasteiger charge is 2.41. The molecule has 144 valence electrons. The first kappa shape index (κ1) is 18.1. The van der Waals surface area contributed by atoms with Gasteiger partial charge in [-0.05, 0) is 64.5 Å². The number of ketones is 1. The number of Topliss-reactive ketones (excluding diaryl/α,β-unsaturated/α-hetero) is 1. The number of hydrogen-bond acceptors (Lipinski definition) is 5. The zero-order chi connectivity index (χ0) is 19.0. The van der Waals surface area contributed by atoms with Gasteiger partial charge in [-0.2, -0.15) is 0 Å². The fourth-order valence-corrected chi connectivity index (χ4v) is 4.54. The van der Waals surface area contributed by atoms with E-state index in [4.69, 9.17) is 9.15 Å². The van der Waals surface area contributed by atoms with Gasteiger partial charge in [0.2, 0.25) is 0 Å². The van der Waals surface area contributed by atoms with Crippen LogP contribution < -0.4 is 5.32 Å². The van der Waals surface area contributed by atoms with Crippen LogP contribution in [0, 0.1) is 6.92 Å². The minimum absolute atomic E-state index is 0.0250. The van der Waals surface area contributed by atoms with Gasteiger partial charge < -0.3 is 14.5 Å². The minimum atomic E-state index is -0.473. The minimum Gasteiger partial charge on any atom is -0.465 e. The predicted octanol–water partition coefficient (Wildman–Crippen LogP) is 4.43. The van der Waals surface area contributed by atoms with E-state index in [1.165, 1.54) is 6.42 Å². The molecule has 0 unspecified atom stereocenters. The Bertz CT molecular complexity index is 823. The Morgan fingerprint density at radius 2 is 1.89 bits per heavy atom. The van der Waals surface area contributed by atoms with Crippen molar-refractivity contribution in [3.63, 3.8) is 0 Å². The first-order chi connectivity index (χ1) is 13.0. The zero-order valence-corrected chi connectivity index (χ0v) is 16.1. The average Bonchev–Trinajstić information content (AvgIpc) is 3.07. The summed E-state index contributed by atoms with van der Waals surface area (Å²) in [7, 11) is 0. The van der Waals surface area contributed by atoms with Crippen LogP contribution in [0.1, 0.15) is 75.7 Å². The van der Waals surface area contributed by atoms with Gasteiger partial charge in [0.25, 0.3) is 0 Å². The van der Waals surface area contributed by atoms with Gasteiger partial charge in [0.05, 0.1) is 11.5 Å². The molecule has 1 N–H and O–H groups in total. The Morgan fingerprint density at radius 3 is 2.59 bits per heavy atom. The lowest BCUT2D eigenvalue weighted by Gasteiger charge is -2.33. The van der Waals surface area contributed by atoms with Crippen LogP contribution in [0.5, 0.6) is 0 Å². The lowest BCUT2D eigenvalue weighted by atomic mass is 9.77. The smallest absolute Gasteiger partial charge is 0.337 e. The maximum atomic E-state index is 13.2. The molecule has 5 heteroatoms. The largest absolute Gasteiger partial charge is 0.465 e. The predicted molar refractivity (Wildman–Crippen MR) is 101 cm³/mol. The zero-order valence-electron chi connectivity index (χ0n) is 16.1. The third-order valence-corrected chi connectivity index (χ3v) is 5.87. The topological polar surface area (TPSA) is 68.5 Å². The molecule has 2 heterocycles. The highest BCUT2D eigenvalue weighted by molar-refractivity contribution is 6.03. The number of nitrogens with one attached hydrogen (secondary N) is 1. The number of ether oxygens (including phenoxy) is 1. The van der Waals surface area contributed by atoms with Crippen LogP contribution >= 0.6 is 0 Å². The number of carbonyl (C=O) groups excluding carboxylic acids is 2. The molecule has 0 spiro atoms. The summed E-state index contributed by atoms with van der Waals surface area (Å²) in [6.07, 6.45) is 7.39. The van der Waals surface area contributed by atoms with E-state index in [0.717, 1.165) is 55.7 Å². The number of dihydropyridines is 1. The summed E-state index contributed by atoms with van der Waals surface area (Å²) in [5, 5.41) is 3.32. The van der Waals surface area contributed by atoms with Gasteiger partial charge in [0.15, 0.2) is 5.78 Å². The van der Waals surface area contributed by atoms with Crippen LogP contribution in [0.2, 0.25) is 0 Å². The molecule has 27 heavy (non-hydrogen) atoms. The van der Waals surface area contributed by atoms with E-state index in [1.54, 1.807) is 0 Å². The molecule has 4 rings (SSSR count). The van der Waals surface area contributed by atoms with Crippen LogP contribution in [0.15, 0.2) is 39.1 Å². The van der Waals surface area contributed by atoms with Crippen molar-refractivity contribution in [2.75, 3.05) is 0 Å². The van der Waals surface area contributed by atoms with Crippen LogP contribution in [0.25, 0.3) is 0 Å². The molecule has 1 atom stereocenters. The van der Waals surface area contributed by atoms with E-state index >= 15 is 0 Å². The summed E-state index contributed by atoms with van der Waals surface area (Å²) < 4.78 is 11.7. The Balaban J connectivity index is 1.71. The van der Waals surface area contributed by atoms with Crippen molar-refractivity contribution in [1.82, 2.24) is 5.32 Å². The van der Waals surface area contributed by atoms with Crippen molar-refractivity contribution in [2.24, 2.45) is 0 Å². The van der Waals surface area contributed by atoms with Gasteiger partial charge >= 0.3 is 5.97 Å². The Labute approximate surface area is 159 Å². The number of esters is 1. The molecular formula is C22H27NO4. The van der Waals surface area contributed by atoms with Gasteiger partial charge in [0.1, 0.15) is 17.6 Å². The van der Waals surface area contributed by atoms with Crippen LogP contribution in [0.4, 0.5) is 0 Å². The maximum Gasteiger partial charge on any atom is 0.337 e. The molecule has 2 aliphatic carbocycles. The van der Waals surface area contributed by atoms with Gasteiger partial charge in [-0.3, -0.25) is 4.79 Å². The van der Waals surface area contributed by atoms with Crippen LogP contribution in [0.3, 0.4) is 0 Å². The van der Waals surface area contributed by atoms with E-state index in [-0.39, 0.29) is 17.9 Å². The number of furan rings is 1.